The smallest absolute Gasteiger partial charge is 0.293 e. The van der Waals surface area contributed by atoms with Crippen molar-refractivity contribution in [3.05, 3.63) is 47.1 Å². The van der Waals surface area contributed by atoms with Crippen LogP contribution in [0.4, 0.5) is 11.5 Å². The lowest BCUT2D eigenvalue weighted by Gasteiger charge is -2.07. The van der Waals surface area contributed by atoms with Crippen molar-refractivity contribution in [1.29, 1.82) is 0 Å². The van der Waals surface area contributed by atoms with E-state index < -0.39 is 0 Å². The lowest BCUT2D eigenvalue weighted by Crippen LogP contribution is -2.22. The van der Waals surface area contributed by atoms with E-state index in [2.05, 4.69) is 20.5 Å². The molecule has 6 heteroatoms. The highest BCUT2D eigenvalue weighted by molar-refractivity contribution is 5.82. The predicted molar refractivity (Wildman–Crippen MR) is 73.5 cm³/mol. The van der Waals surface area contributed by atoms with Crippen LogP contribution in [-0.4, -0.2) is 19.7 Å². The van der Waals surface area contributed by atoms with Crippen LogP contribution >= 0.6 is 0 Å². The summed E-state index contributed by atoms with van der Waals surface area (Å²) in [6, 6.07) is 5.71. The number of nitrogens with one attached hydrogen (secondary N) is 2. The minimum Gasteiger partial charge on any atom is -0.336 e. The van der Waals surface area contributed by atoms with Gasteiger partial charge in [-0.2, -0.15) is 5.10 Å². The molecule has 2 N–H and O–H groups in total. The van der Waals surface area contributed by atoms with Crippen molar-refractivity contribution in [2.75, 3.05) is 5.32 Å². The molecular weight excluding hydrogens is 242 g/mol. The van der Waals surface area contributed by atoms with Crippen molar-refractivity contribution < 1.29 is 0 Å². The number of aryl methyl sites for hydroxylation is 1. The van der Waals surface area contributed by atoms with E-state index in [0.717, 1.165) is 16.6 Å². The summed E-state index contributed by atoms with van der Waals surface area (Å²) in [5.41, 5.74) is 1.64. The number of benzene rings is 1. The van der Waals surface area contributed by atoms with E-state index in [9.17, 15) is 4.79 Å². The first-order valence-corrected chi connectivity index (χ1v) is 6.03. The summed E-state index contributed by atoms with van der Waals surface area (Å²) in [6.07, 6.45) is 5.03. The molecular formula is C13H13N5O. The Hall–Kier alpha value is -2.63. The Morgan fingerprint density at radius 2 is 2.32 bits per heavy atom. The van der Waals surface area contributed by atoms with Crippen LogP contribution in [0.2, 0.25) is 0 Å². The molecule has 0 saturated heterocycles. The lowest BCUT2D eigenvalue weighted by atomic mass is 10.2. The zero-order valence-electron chi connectivity index (χ0n) is 10.4. The summed E-state index contributed by atoms with van der Waals surface area (Å²) < 4.78 is 1.60. The number of aromatic nitrogens is 4. The van der Waals surface area contributed by atoms with E-state index in [4.69, 9.17) is 0 Å². The first kappa shape index (κ1) is 11.5. The summed E-state index contributed by atoms with van der Waals surface area (Å²) in [4.78, 5) is 16.1. The van der Waals surface area contributed by atoms with Crippen LogP contribution in [0.15, 0.2) is 41.6 Å². The van der Waals surface area contributed by atoms with Gasteiger partial charge in [0, 0.05) is 30.0 Å². The zero-order chi connectivity index (χ0) is 13.2. The maximum Gasteiger partial charge on any atom is 0.293 e. The zero-order valence-corrected chi connectivity index (χ0v) is 10.4. The van der Waals surface area contributed by atoms with Crippen LogP contribution in [0.5, 0.6) is 0 Å². The summed E-state index contributed by atoms with van der Waals surface area (Å²) in [5, 5.41) is 10.9. The van der Waals surface area contributed by atoms with Gasteiger partial charge < -0.3 is 9.88 Å². The molecule has 6 nitrogen and oxygen atoms in total. The molecule has 3 rings (SSSR count). The average Bonchev–Trinajstić information content (AvgIpc) is 2.88. The van der Waals surface area contributed by atoms with Gasteiger partial charge in [0.05, 0.1) is 11.7 Å². The minimum atomic E-state index is -0.128. The van der Waals surface area contributed by atoms with Gasteiger partial charge in [0.1, 0.15) is 0 Å². The molecule has 0 atom stereocenters. The average molecular weight is 255 g/mol. The van der Waals surface area contributed by atoms with Gasteiger partial charge in [-0.3, -0.25) is 9.89 Å². The van der Waals surface area contributed by atoms with Gasteiger partial charge in [0.15, 0.2) is 5.82 Å². The first-order valence-electron chi connectivity index (χ1n) is 6.03. The molecule has 0 fully saturated rings. The SMILES string of the molecule is CCn1ccnc(Nc2ccc3[nH]ncc3c2)c1=O. The van der Waals surface area contributed by atoms with Crippen LogP contribution < -0.4 is 10.9 Å². The third kappa shape index (κ3) is 2.08. The summed E-state index contributed by atoms with van der Waals surface area (Å²) in [7, 11) is 0. The Labute approximate surface area is 109 Å². The molecule has 0 spiro atoms. The highest BCUT2D eigenvalue weighted by atomic mass is 16.1. The number of rotatable bonds is 3. The molecule has 3 aromatic rings. The highest BCUT2D eigenvalue weighted by Crippen LogP contribution is 2.18. The third-order valence-electron chi connectivity index (χ3n) is 2.96. The molecule has 19 heavy (non-hydrogen) atoms. The second-order valence-corrected chi connectivity index (χ2v) is 4.16. The lowest BCUT2D eigenvalue weighted by molar-refractivity contribution is 0.720. The predicted octanol–water partition coefficient (Wildman–Crippen LogP) is 1.88. The fraction of sp³-hybridized carbons (Fsp3) is 0.154. The number of hydrogen-bond acceptors (Lipinski definition) is 4. The van der Waals surface area contributed by atoms with Crippen molar-refractivity contribution in [3.8, 4) is 0 Å². The monoisotopic (exact) mass is 255 g/mol. The molecule has 0 amide bonds. The van der Waals surface area contributed by atoms with Gasteiger partial charge in [-0.1, -0.05) is 0 Å². The molecule has 0 bridgehead atoms. The Morgan fingerprint density at radius 3 is 3.16 bits per heavy atom. The summed E-state index contributed by atoms with van der Waals surface area (Å²) in [5.74, 6) is 0.326. The molecule has 96 valence electrons. The Kier molecular flexibility index (Phi) is 2.75. The van der Waals surface area contributed by atoms with Crippen molar-refractivity contribution in [2.24, 2.45) is 0 Å². The maximum atomic E-state index is 12.0. The number of anilines is 2. The van der Waals surface area contributed by atoms with Gasteiger partial charge >= 0.3 is 0 Å². The van der Waals surface area contributed by atoms with E-state index in [1.807, 2.05) is 25.1 Å². The van der Waals surface area contributed by atoms with E-state index in [-0.39, 0.29) is 5.56 Å². The molecule has 0 aliphatic heterocycles. The number of nitrogens with zero attached hydrogens (tertiary/aromatic N) is 3. The second-order valence-electron chi connectivity index (χ2n) is 4.16. The molecule has 0 unspecified atom stereocenters. The normalized spacial score (nSPS) is 10.8. The van der Waals surface area contributed by atoms with Crippen molar-refractivity contribution in [3.63, 3.8) is 0 Å². The van der Waals surface area contributed by atoms with Crippen molar-refractivity contribution >= 4 is 22.4 Å². The number of aromatic amines is 1. The quantitative estimate of drug-likeness (QED) is 0.749. The molecule has 1 aromatic carbocycles. The molecule has 0 aliphatic carbocycles. The molecule has 2 heterocycles. The standard InChI is InChI=1S/C13H13N5O/c1-2-18-6-5-14-12(13(18)19)16-10-3-4-11-9(7-10)8-15-17-11/h3-8H,2H2,1H3,(H,14,16)(H,15,17). The van der Waals surface area contributed by atoms with E-state index in [0.29, 0.717) is 12.4 Å². The van der Waals surface area contributed by atoms with Gasteiger partial charge in [0.25, 0.3) is 5.56 Å². The molecule has 2 aromatic heterocycles. The van der Waals surface area contributed by atoms with Gasteiger partial charge in [-0.25, -0.2) is 4.98 Å². The van der Waals surface area contributed by atoms with Gasteiger partial charge in [0.2, 0.25) is 0 Å². The minimum absolute atomic E-state index is 0.128. The summed E-state index contributed by atoms with van der Waals surface area (Å²) in [6.45, 7) is 2.54. The number of H-pyrrole nitrogens is 1. The highest BCUT2D eigenvalue weighted by Gasteiger charge is 2.05. The Bertz CT molecular complexity index is 774. The van der Waals surface area contributed by atoms with E-state index in [1.54, 1.807) is 23.2 Å². The fourth-order valence-electron chi connectivity index (χ4n) is 1.94. The van der Waals surface area contributed by atoms with Gasteiger partial charge in [-0.15, -0.1) is 0 Å². The molecule has 0 radical (unpaired) electrons. The van der Waals surface area contributed by atoms with E-state index >= 15 is 0 Å². The maximum absolute atomic E-state index is 12.0. The summed E-state index contributed by atoms with van der Waals surface area (Å²) >= 11 is 0. The van der Waals surface area contributed by atoms with E-state index in [1.165, 1.54) is 0 Å². The number of fused-ring (bicyclic) bond motifs is 1. The molecule has 0 saturated carbocycles. The largest absolute Gasteiger partial charge is 0.336 e. The first-order chi connectivity index (χ1) is 9.28. The van der Waals surface area contributed by atoms with Crippen LogP contribution in [0.3, 0.4) is 0 Å². The van der Waals surface area contributed by atoms with Gasteiger partial charge in [-0.05, 0) is 25.1 Å². The third-order valence-corrected chi connectivity index (χ3v) is 2.96. The fourth-order valence-corrected chi connectivity index (χ4v) is 1.94. The van der Waals surface area contributed by atoms with Crippen LogP contribution in [0, 0.1) is 0 Å². The topological polar surface area (TPSA) is 75.6 Å². The Balaban J connectivity index is 1.98. The second kappa shape index (κ2) is 4.56. The van der Waals surface area contributed by atoms with Crippen molar-refractivity contribution in [1.82, 2.24) is 19.7 Å². The van der Waals surface area contributed by atoms with Crippen LogP contribution in [0.25, 0.3) is 10.9 Å². The number of hydrogen-bond donors (Lipinski definition) is 2. The van der Waals surface area contributed by atoms with Crippen molar-refractivity contribution in [2.45, 2.75) is 13.5 Å². The van der Waals surface area contributed by atoms with Crippen LogP contribution in [-0.2, 0) is 6.54 Å². The molecule has 0 aliphatic rings. The van der Waals surface area contributed by atoms with Crippen LogP contribution in [0.1, 0.15) is 6.92 Å². The Morgan fingerprint density at radius 1 is 1.42 bits per heavy atom.